The first-order valence-electron chi connectivity index (χ1n) is 8.16. The van der Waals surface area contributed by atoms with Gasteiger partial charge in [-0.25, -0.2) is 0 Å². The van der Waals surface area contributed by atoms with E-state index in [1.54, 1.807) is 11.9 Å². The third-order valence-corrected chi connectivity index (χ3v) is 5.02. The molecule has 0 atom stereocenters. The molecule has 27 heavy (non-hydrogen) atoms. The number of hydrogen-bond acceptors (Lipinski definition) is 3. The summed E-state index contributed by atoms with van der Waals surface area (Å²) < 4.78 is 0. The highest BCUT2D eigenvalue weighted by Crippen LogP contribution is 2.32. The zero-order chi connectivity index (χ0) is 20.1. The second-order valence-corrected chi connectivity index (χ2v) is 7.48. The largest absolute Gasteiger partial charge is 0.325 e. The zero-order valence-electron chi connectivity index (χ0n) is 15.2. The molecule has 0 spiro atoms. The highest BCUT2D eigenvalue weighted by molar-refractivity contribution is 6.44. The van der Waals surface area contributed by atoms with E-state index in [4.69, 9.17) is 34.8 Å². The molecule has 0 heterocycles. The van der Waals surface area contributed by atoms with E-state index < -0.39 is 0 Å². The molecular formula is C19H20Cl3N3O2. The van der Waals surface area contributed by atoms with Gasteiger partial charge in [0, 0.05) is 5.69 Å². The molecule has 0 saturated heterocycles. The van der Waals surface area contributed by atoms with Crippen LogP contribution in [0.3, 0.4) is 0 Å². The van der Waals surface area contributed by atoms with Crippen LogP contribution in [0.4, 0.5) is 11.4 Å². The van der Waals surface area contributed by atoms with E-state index in [0.717, 1.165) is 16.8 Å². The molecule has 8 heteroatoms. The van der Waals surface area contributed by atoms with E-state index in [1.165, 1.54) is 12.1 Å². The van der Waals surface area contributed by atoms with Crippen molar-refractivity contribution in [1.82, 2.24) is 4.90 Å². The molecule has 0 saturated carbocycles. The lowest BCUT2D eigenvalue weighted by atomic mass is 10.1. The van der Waals surface area contributed by atoms with Gasteiger partial charge in [-0.2, -0.15) is 0 Å². The highest BCUT2D eigenvalue weighted by Gasteiger charge is 2.14. The van der Waals surface area contributed by atoms with Crippen LogP contribution in [0.25, 0.3) is 0 Å². The number of amides is 2. The number of halogens is 3. The Hall–Kier alpha value is -1.79. The van der Waals surface area contributed by atoms with E-state index in [0.29, 0.717) is 10.7 Å². The molecule has 0 fully saturated rings. The van der Waals surface area contributed by atoms with Crippen molar-refractivity contribution in [3.05, 3.63) is 56.5 Å². The van der Waals surface area contributed by atoms with Crippen LogP contribution < -0.4 is 10.6 Å². The summed E-state index contributed by atoms with van der Waals surface area (Å²) in [6.45, 7) is 4.01. The first-order valence-corrected chi connectivity index (χ1v) is 9.29. The molecule has 2 N–H and O–H groups in total. The Morgan fingerprint density at radius 2 is 1.44 bits per heavy atom. The fourth-order valence-electron chi connectivity index (χ4n) is 2.43. The summed E-state index contributed by atoms with van der Waals surface area (Å²) in [5.41, 5.74) is 3.24. The third-order valence-electron chi connectivity index (χ3n) is 3.99. The first-order chi connectivity index (χ1) is 12.7. The van der Waals surface area contributed by atoms with Crippen LogP contribution in [0.2, 0.25) is 15.1 Å². The van der Waals surface area contributed by atoms with Gasteiger partial charge >= 0.3 is 0 Å². The van der Waals surface area contributed by atoms with Gasteiger partial charge in [0.25, 0.3) is 0 Å². The average molecular weight is 429 g/mol. The van der Waals surface area contributed by atoms with Crippen molar-refractivity contribution >= 4 is 58.0 Å². The summed E-state index contributed by atoms with van der Waals surface area (Å²) in [4.78, 5) is 26.0. The highest BCUT2D eigenvalue weighted by atomic mass is 35.5. The van der Waals surface area contributed by atoms with Crippen LogP contribution in [-0.2, 0) is 9.59 Å². The molecule has 0 aliphatic carbocycles. The third kappa shape index (κ3) is 6.11. The van der Waals surface area contributed by atoms with Crippen LogP contribution in [0, 0.1) is 13.8 Å². The van der Waals surface area contributed by atoms with Crippen molar-refractivity contribution in [1.29, 1.82) is 0 Å². The SMILES string of the molecule is Cc1cccc(NC(=O)CN(C)CC(=O)Nc2cc(Cl)c(Cl)cc2Cl)c1C. The van der Waals surface area contributed by atoms with Crippen LogP contribution in [-0.4, -0.2) is 36.9 Å². The van der Waals surface area contributed by atoms with E-state index >= 15 is 0 Å². The van der Waals surface area contributed by atoms with Gasteiger partial charge in [-0.3, -0.25) is 14.5 Å². The molecule has 0 bridgehead atoms. The van der Waals surface area contributed by atoms with Crippen molar-refractivity contribution in [3.8, 4) is 0 Å². The van der Waals surface area contributed by atoms with Gasteiger partial charge in [0.2, 0.25) is 11.8 Å². The lowest BCUT2D eigenvalue weighted by molar-refractivity contribution is -0.119. The molecule has 0 aliphatic rings. The van der Waals surface area contributed by atoms with Gasteiger partial charge in [0.1, 0.15) is 0 Å². The molecule has 0 radical (unpaired) electrons. The normalized spacial score (nSPS) is 10.8. The number of carbonyl (C=O) groups is 2. The second kappa shape index (κ2) is 9.42. The quantitative estimate of drug-likeness (QED) is 0.651. The maximum atomic E-state index is 12.2. The van der Waals surface area contributed by atoms with Crippen LogP contribution in [0.15, 0.2) is 30.3 Å². The molecule has 2 aromatic rings. The Morgan fingerprint density at radius 3 is 2.07 bits per heavy atom. The number of rotatable bonds is 6. The smallest absolute Gasteiger partial charge is 0.238 e. The Morgan fingerprint density at radius 1 is 0.889 bits per heavy atom. The molecule has 0 aromatic heterocycles. The van der Waals surface area contributed by atoms with Crippen molar-refractivity contribution in [2.24, 2.45) is 0 Å². The minimum absolute atomic E-state index is 0.0107. The standard InChI is InChI=1S/C19H20Cl3N3O2/c1-11-5-4-6-16(12(11)2)23-18(26)9-25(3)10-19(27)24-17-8-14(21)13(20)7-15(17)22/h4-8H,9-10H2,1-3H3,(H,23,26)(H,24,27). The summed E-state index contributed by atoms with van der Waals surface area (Å²) in [6, 6.07) is 8.66. The lowest BCUT2D eigenvalue weighted by Gasteiger charge is -2.17. The fourth-order valence-corrected chi connectivity index (χ4v) is 3.02. The predicted molar refractivity (Wildman–Crippen MR) is 112 cm³/mol. The number of anilines is 2. The van der Waals surface area contributed by atoms with Gasteiger partial charge in [0.05, 0.1) is 33.8 Å². The van der Waals surface area contributed by atoms with Gasteiger partial charge in [-0.15, -0.1) is 0 Å². The van der Waals surface area contributed by atoms with E-state index in [9.17, 15) is 9.59 Å². The van der Waals surface area contributed by atoms with E-state index in [1.807, 2.05) is 32.0 Å². The number of nitrogens with zero attached hydrogens (tertiary/aromatic N) is 1. The van der Waals surface area contributed by atoms with E-state index in [-0.39, 0.29) is 34.9 Å². The molecule has 5 nitrogen and oxygen atoms in total. The predicted octanol–water partition coefficient (Wildman–Crippen LogP) is 4.77. The summed E-state index contributed by atoms with van der Waals surface area (Å²) in [5, 5.41) is 6.40. The van der Waals surface area contributed by atoms with Crippen LogP contribution in [0.5, 0.6) is 0 Å². The lowest BCUT2D eigenvalue weighted by Crippen LogP contribution is -2.36. The summed E-state index contributed by atoms with van der Waals surface area (Å²) in [6.07, 6.45) is 0. The minimum Gasteiger partial charge on any atom is -0.325 e. The first kappa shape index (κ1) is 21.5. The maximum Gasteiger partial charge on any atom is 0.238 e. The van der Waals surface area contributed by atoms with Crippen molar-refractivity contribution < 1.29 is 9.59 Å². The zero-order valence-corrected chi connectivity index (χ0v) is 17.5. The molecule has 0 unspecified atom stereocenters. The second-order valence-electron chi connectivity index (χ2n) is 6.26. The Bertz CT molecular complexity index is 872. The molecule has 0 aliphatic heterocycles. The monoisotopic (exact) mass is 427 g/mol. The summed E-state index contributed by atoms with van der Waals surface area (Å²) >= 11 is 17.9. The van der Waals surface area contributed by atoms with Gasteiger partial charge in [-0.1, -0.05) is 46.9 Å². The van der Waals surface area contributed by atoms with E-state index in [2.05, 4.69) is 10.6 Å². The van der Waals surface area contributed by atoms with Gasteiger partial charge < -0.3 is 10.6 Å². The minimum atomic E-state index is -0.322. The summed E-state index contributed by atoms with van der Waals surface area (Å²) in [7, 11) is 1.68. The molecular weight excluding hydrogens is 409 g/mol. The maximum absolute atomic E-state index is 12.2. The number of carbonyl (C=O) groups excluding carboxylic acids is 2. The van der Waals surface area contributed by atoms with Crippen molar-refractivity contribution in [2.45, 2.75) is 13.8 Å². The fraction of sp³-hybridized carbons (Fsp3) is 0.263. The van der Waals surface area contributed by atoms with Crippen molar-refractivity contribution in [3.63, 3.8) is 0 Å². The number of likely N-dealkylation sites (N-methyl/N-ethyl adjacent to an activating group) is 1. The molecule has 2 aromatic carbocycles. The summed E-state index contributed by atoms with van der Waals surface area (Å²) in [5.74, 6) is -0.524. The molecule has 2 amide bonds. The Labute approximate surface area is 173 Å². The van der Waals surface area contributed by atoms with Gasteiger partial charge in [-0.05, 0) is 50.2 Å². The Kier molecular flexibility index (Phi) is 7.50. The number of hydrogen-bond donors (Lipinski definition) is 2. The molecule has 2 rings (SSSR count). The van der Waals surface area contributed by atoms with Crippen LogP contribution in [0.1, 0.15) is 11.1 Å². The number of aryl methyl sites for hydroxylation is 1. The topological polar surface area (TPSA) is 61.4 Å². The number of benzene rings is 2. The average Bonchev–Trinajstić information content (AvgIpc) is 2.56. The van der Waals surface area contributed by atoms with Crippen LogP contribution >= 0.6 is 34.8 Å². The molecule has 144 valence electrons. The van der Waals surface area contributed by atoms with Crippen molar-refractivity contribution in [2.75, 3.05) is 30.8 Å². The Balaban J connectivity index is 1.90. The number of nitrogens with one attached hydrogen (secondary N) is 2. The van der Waals surface area contributed by atoms with Gasteiger partial charge in [0.15, 0.2) is 0 Å².